The second-order valence-corrected chi connectivity index (χ2v) is 9.49. The molecule has 0 aliphatic rings. The third-order valence-corrected chi connectivity index (χ3v) is 4.98. The van der Waals surface area contributed by atoms with Crippen LogP contribution in [-0.2, 0) is 36.8 Å². The molecule has 10 heteroatoms. The van der Waals surface area contributed by atoms with Crippen molar-refractivity contribution in [3.8, 4) is 5.75 Å². The molecule has 2 aromatic rings. The quantitative estimate of drug-likeness (QED) is 0.237. The van der Waals surface area contributed by atoms with Gasteiger partial charge in [-0.3, -0.25) is 4.79 Å². The van der Waals surface area contributed by atoms with E-state index in [1.165, 1.54) is 0 Å². The van der Waals surface area contributed by atoms with Gasteiger partial charge in [0.15, 0.2) is 0 Å². The van der Waals surface area contributed by atoms with Crippen molar-refractivity contribution in [2.24, 2.45) is 5.73 Å². The lowest BCUT2D eigenvalue weighted by molar-refractivity contribution is -0.149. The minimum absolute atomic E-state index is 0.104. The van der Waals surface area contributed by atoms with Crippen molar-refractivity contribution in [2.45, 2.75) is 51.9 Å². The third kappa shape index (κ3) is 13.1. The van der Waals surface area contributed by atoms with E-state index >= 15 is 0 Å². The lowest BCUT2D eigenvalue weighted by Gasteiger charge is -2.19. The Morgan fingerprint density at radius 1 is 0.921 bits per heavy atom. The lowest BCUT2D eigenvalue weighted by Crippen LogP contribution is -2.43. The lowest BCUT2D eigenvalue weighted by atomic mass is 10.1. The number of ether oxygens (including phenoxy) is 4. The van der Waals surface area contributed by atoms with Crippen LogP contribution in [0.5, 0.6) is 5.75 Å². The number of benzene rings is 2. The zero-order valence-corrected chi connectivity index (χ0v) is 22.4. The third-order valence-electron chi connectivity index (χ3n) is 4.98. The predicted octanol–water partition coefficient (Wildman–Crippen LogP) is 2.73. The fourth-order valence-corrected chi connectivity index (χ4v) is 3.23. The van der Waals surface area contributed by atoms with Gasteiger partial charge in [-0.2, -0.15) is 0 Å². The maximum absolute atomic E-state index is 12.9. The molecule has 0 saturated heterocycles. The smallest absolute Gasteiger partial charge is 0.407 e. The molecule has 4 N–H and O–H groups in total. The van der Waals surface area contributed by atoms with Gasteiger partial charge in [-0.15, -0.1) is 0 Å². The summed E-state index contributed by atoms with van der Waals surface area (Å²) >= 11 is 0. The Kier molecular flexibility index (Phi) is 13.1. The van der Waals surface area contributed by atoms with Crippen LogP contribution >= 0.6 is 0 Å². The molecule has 2 amide bonds. The molecule has 0 fully saturated rings. The van der Waals surface area contributed by atoms with Gasteiger partial charge >= 0.3 is 12.1 Å². The molecular weight excluding hydrogens is 490 g/mol. The van der Waals surface area contributed by atoms with Crippen molar-refractivity contribution >= 4 is 18.0 Å². The molecule has 0 aliphatic carbocycles. The SMILES string of the molecule is CC(C)(C)OC(=O)NCCOc1ccc(C[C@H](NC(=O)CCOCCN)C(=O)OCc2ccccc2)cc1. The zero-order chi connectivity index (χ0) is 27.8. The maximum atomic E-state index is 12.9. The van der Waals surface area contributed by atoms with E-state index in [1.807, 2.05) is 42.5 Å². The number of nitrogens with one attached hydrogen (secondary N) is 2. The summed E-state index contributed by atoms with van der Waals surface area (Å²) in [5.74, 6) is -0.247. The van der Waals surface area contributed by atoms with Crippen molar-refractivity contribution in [3.63, 3.8) is 0 Å². The molecule has 38 heavy (non-hydrogen) atoms. The highest BCUT2D eigenvalue weighted by atomic mass is 16.6. The highest BCUT2D eigenvalue weighted by Gasteiger charge is 2.23. The molecule has 2 aromatic carbocycles. The normalized spacial score (nSPS) is 11.8. The van der Waals surface area contributed by atoms with E-state index in [0.29, 0.717) is 18.9 Å². The van der Waals surface area contributed by atoms with E-state index < -0.39 is 23.7 Å². The Hall–Kier alpha value is -3.63. The molecule has 0 aromatic heterocycles. The van der Waals surface area contributed by atoms with Gasteiger partial charge in [0.1, 0.15) is 30.6 Å². The van der Waals surface area contributed by atoms with E-state index in [2.05, 4.69) is 10.6 Å². The van der Waals surface area contributed by atoms with Crippen molar-refractivity contribution in [1.82, 2.24) is 10.6 Å². The van der Waals surface area contributed by atoms with Crippen molar-refractivity contribution in [2.75, 3.05) is 32.9 Å². The second kappa shape index (κ2) is 16.3. The highest BCUT2D eigenvalue weighted by molar-refractivity contribution is 5.84. The molecule has 2 rings (SSSR count). The van der Waals surface area contributed by atoms with Crippen LogP contribution in [0.1, 0.15) is 38.3 Å². The summed E-state index contributed by atoms with van der Waals surface area (Å²) in [7, 11) is 0. The Balaban J connectivity index is 1.90. The largest absolute Gasteiger partial charge is 0.492 e. The van der Waals surface area contributed by atoms with Crippen LogP contribution in [0.3, 0.4) is 0 Å². The average molecular weight is 530 g/mol. The standard InChI is InChI=1S/C28H39N3O7/c1-28(2,3)38-27(34)30-15-18-36-23-11-9-21(10-12-23)19-24(31-25(32)13-16-35-17-14-29)26(33)37-20-22-7-5-4-6-8-22/h4-12,24H,13-20,29H2,1-3H3,(H,30,34)(H,31,32)/t24-/m0/s1. The van der Waals surface area contributed by atoms with E-state index in [1.54, 1.807) is 32.9 Å². The maximum Gasteiger partial charge on any atom is 0.407 e. The first kappa shape index (κ1) is 30.6. The number of amides is 2. The number of carbonyl (C=O) groups is 3. The summed E-state index contributed by atoms with van der Waals surface area (Å²) < 4.78 is 21.6. The topological polar surface area (TPSA) is 138 Å². The number of alkyl carbamates (subject to hydrolysis) is 1. The fraction of sp³-hybridized carbons (Fsp3) is 0.464. The van der Waals surface area contributed by atoms with Crippen LogP contribution < -0.4 is 21.1 Å². The monoisotopic (exact) mass is 529 g/mol. The summed E-state index contributed by atoms with van der Waals surface area (Å²) in [5.41, 5.74) is 6.49. The van der Waals surface area contributed by atoms with Crippen molar-refractivity contribution < 1.29 is 33.3 Å². The molecule has 0 aliphatic heterocycles. The number of hydrogen-bond donors (Lipinski definition) is 3. The summed E-state index contributed by atoms with van der Waals surface area (Å²) in [6.07, 6.45) is -0.162. The number of carbonyl (C=O) groups excluding carboxylic acids is 3. The summed E-state index contributed by atoms with van der Waals surface area (Å²) in [6, 6.07) is 15.6. The van der Waals surface area contributed by atoms with Crippen LogP contribution in [-0.4, -0.2) is 62.5 Å². The minimum Gasteiger partial charge on any atom is -0.492 e. The Morgan fingerprint density at radius 2 is 1.63 bits per heavy atom. The minimum atomic E-state index is -0.870. The van der Waals surface area contributed by atoms with Gasteiger partial charge < -0.3 is 35.3 Å². The van der Waals surface area contributed by atoms with Crippen LogP contribution in [0, 0.1) is 0 Å². The van der Waals surface area contributed by atoms with Crippen LogP contribution in [0.4, 0.5) is 4.79 Å². The number of nitrogens with two attached hydrogens (primary N) is 1. The molecule has 0 saturated carbocycles. The van der Waals surface area contributed by atoms with E-state index in [9.17, 15) is 14.4 Å². The number of hydrogen-bond acceptors (Lipinski definition) is 8. The summed E-state index contributed by atoms with van der Waals surface area (Å²) in [4.78, 5) is 37.0. The molecule has 1 atom stereocenters. The van der Waals surface area contributed by atoms with Gasteiger partial charge in [-0.25, -0.2) is 9.59 Å². The number of rotatable bonds is 15. The Labute approximate surface area is 224 Å². The van der Waals surface area contributed by atoms with Gasteiger partial charge in [0, 0.05) is 19.4 Å². The van der Waals surface area contributed by atoms with Crippen LogP contribution in [0.2, 0.25) is 0 Å². The average Bonchev–Trinajstić information content (AvgIpc) is 2.88. The summed E-state index contributed by atoms with van der Waals surface area (Å²) in [6.45, 7) is 6.98. The first-order valence-corrected chi connectivity index (χ1v) is 12.6. The van der Waals surface area contributed by atoms with Crippen LogP contribution in [0.15, 0.2) is 54.6 Å². The van der Waals surface area contributed by atoms with Gasteiger partial charge in [0.2, 0.25) is 5.91 Å². The molecule has 208 valence electrons. The zero-order valence-electron chi connectivity index (χ0n) is 22.4. The van der Waals surface area contributed by atoms with Gasteiger partial charge in [0.05, 0.1) is 19.8 Å². The molecule has 0 spiro atoms. The molecule has 10 nitrogen and oxygen atoms in total. The van der Waals surface area contributed by atoms with E-state index in [0.717, 1.165) is 11.1 Å². The van der Waals surface area contributed by atoms with Gasteiger partial charge in [-0.1, -0.05) is 42.5 Å². The van der Waals surface area contributed by atoms with Crippen molar-refractivity contribution in [1.29, 1.82) is 0 Å². The predicted molar refractivity (Wildman–Crippen MR) is 143 cm³/mol. The molecule has 0 radical (unpaired) electrons. The number of esters is 1. The van der Waals surface area contributed by atoms with E-state index in [-0.39, 0.29) is 45.1 Å². The molecular formula is C28H39N3O7. The first-order valence-electron chi connectivity index (χ1n) is 12.6. The van der Waals surface area contributed by atoms with Gasteiger partial charge in [0.25, 0.3) is 0 Å². The molecule has 0 heterocycles. The fourth-order valence-electron chi connectivity index (χ4n) is 3.23. The van der Waals surface area contributed by atoms with Gasteiger partial charge in [-0.05, 0) is 44.0 Å². The molecule has 0 bridgehead atoms. The highest BCUT2D eigenvalue weighted by Crippen LogP contribution is 2.15. The first-order chi connectivity index (χ1) is 18.2. The second-order valence-electron chi connectivity index (χ2n) is 9.49. The molecule has 0 unspecified atom stereocenters. The van der Waals surface area contributed by atoms with Crippen LogP contribution in [0.25, 0.3) is 0 Å². The summed E-state index contributed by atoms with van der Waals surface area (Å²) in [5, 5.41) is 5.38. The Morgan fingerprint density at radius 3 is 2.29 bits per heavy atom. The van der Waals surface area contributed by atoms with E-state index in [4.69, 9.17) is 24.7 Å². The van der Waals surface area contributed by atoms with Crippen molar-refractivity contribution in [3.05, 3.63) is 65.7 Å². The Bertz CT molecular complexity index is 992.